The van der Waals surface area contributed by atoms with Gasteiger partial charge in [0.1, 0.15) is 7.11 Å². The third-order valence-corrected chi connectivity index (χ3v) is 11.9. The maximum atomic E-state index is 6.57. The van der Waals surface area contributed by atoms with Gasteiger partial charge in [0, 0.05) is 12.0 Å². The van der Waals surface area contributed by atoms with Crippen LogP contribution in [0.15, 0.2) is 16.8 Å². The van der Waals surface area contributed by atoms with E-state index in [0.29, 0.717) is 29.5 Å². The van der Waals surface area contributed by atoms with Crippen molar-refractivity contribution in [1.29, 1.82) is 0 Å². The lowest BCUT2D eigenvalue weighted by Gasteiger charge is -2.58. The monoisotopic (exact) mass is 505 g/mol. The zero-order chi connectivity index (χ0) is 24.9. The lowest BCUT2D eigenvalue weighted by molar-refractivity contribution is -0.0415. The second kappa shape index (κ2) is 9.46. The van der Waals surface area contributed by atoms with Gasteiger partial charge >= 0.3 is 0 Å². The van der Waals surface area contributed by atoms with Crippen LogP contribution in [-0.4, -0.2) is 42.2 Å². The van der Waals surface area contributed by atoms with Gasteiger partial charge in [0.05, 0.1) is 12.3 Å². The van der Waals surface area contributed by atoms with Crippen molar-refractivity contribution in [3.8, 4) is 0 Å². The van der Waals surface area contributed by atoms with Gasteiger partial charge in [-0.25, -0.2) is 0 Å². The minimum Gasteiger partial charge on any atom is -0.414 e. The van der Waals surface area contributed by atoms with E-state index in [4.69, 9.17) is 13.7 Å². The highest BCUT2D eigenvalue weighted by Crippen LogP contribution is 2.66. The summed E-state index contributed by atoms with van der Waals surface area (Å²) in [6.45, 7) is 19.6. The first-order valence-electron chi connectivity index (χ1n) is 13.9. The lowest BCUT2D eigenvalue weighted by Crippen LogP contribution is -2.51. The van der Waals surface area contributed by atoms with E-state index in [2.05, 4.69) is 64.4 Å². The average Bonchev–Trinajstić information content (AvgIpc) is 3.07. The number of allylic oxidation sites excluding steroid dienone is 1. The molecule has 0 amide bonds. The van der Waals surface area contributed by atoms with E-state index in [-0.39, 0.29) is 0 Å². The van der Waals surface area contributed by atoms with E-state index in [1.807, 2.05) is 0 Å². The molecule has 0 aromatic heterocycles. The van der Waals surface area contributed by atoms with Gasteiger partial charge in [0.2, 0.25) is 0 Å². The minimum absolute atomic E-state index is 0.321. The van der Waals surface area contributed by atoms with E-state index in [1.165, 1.54) is 51.4 Å². The molecule has 0 unspecified atom stereocenters. The Morgan fingerprint density at radius 1 is 0.971 bits per heavy atom. The lowest BCUT2D eigenvalue weighted by atomic mass is 9.47. The number of rotatable bonds is 7. The number of oxime groups is 1. The molecule has 0 saturated heterocycles. The highest BCUT2D eigenvalue weighted by atomic mass is 28.4. The predicted molar refractivity (Wildman–Crippen MR) is 147 cm³/mol. The quantitative estimate of drug-likeness (QED) is 0.154. The standard InChI is InChI=1S/C28H51NO3Si2/c1-27-16-14-21(32-34(7,8)9)18-20(27)10-11-22-23-12-13-25(28(23,2)17-15-24(22)27)26(29-30-3)19-31-33(4,5)6/h10,21-25H,11-19H2,1-9H3/b29-26+/t21-,22-,23-,24-,25+,27-,28-/m0/s1. The van der Waals surface area contributed by atoms with Crippen molar-refractivity contribution in [1.82, 2.24) is 0 Å². The molecule has 4 nitrogen and oxygen atoms in total. The van der Waals surface area contributed by atoms with Crippen LogP contribution in [0.4, 0.5) is 0 Å². The van der Waals surface area contributed by atoms with Crippen molar-refractivity contribution in [3.63, 3.8) is 0 Å². The Balaban J connectivity index is 1.53. The maximum absolute atomic E-state index is 6.57. The highest BCUT2D eigenvalue weighted by molar-refractivity contribution is 6.70. The molecule has 4 rings (SSSR count). The molecule has 0 spiro atoms. The van der Waals surface area contributed by atoms with Crippen LogP contribution in [0.2, 0.25) is 39.3 Å². The minimum atomic E-state index is -1.60. The Morgan fingerprint density at radius 3 is 2.35 bits per heavy atom. The number of nitrogens with zero attached hydrogens (tertiary/aromatic N) is 1. The Morgan fingerprint density at radius 2 is 1.71 bits per heavy atom. The van der Waals surface area contributed by atoms with Crippen LogP contribution in [0, 0.1) is 34.5 Å². The third kappa shape index (κ3) is 5.16. The van der Waals surface area contributed by atoms with Crippen molar-refractivity contribution in [3.05, 3.63) is 11.6 Å². The fraction of sp³-hybridized carbons (Fsp3) is 0.893. The van der Waals surface area contributed by atoms with Crippen molar-refractivity contribution in [2.45, 2.75) is 111 Å². The summed E-state index contributed by atoms with van der Waals surface area (Å²) in [5, 5.41) is 4.56. The SMILES string of the molecule is CO/N=C(\CO[Si](C)(C)C)[C@H]1CC[C@H]2[C@@H]3CC=C4C[C@@H](O[Si](C)(C)C)CC[C@]4(C)[C@H]3CC[C@]12C. The molecule has 194 valence electrons. The van der Waals surface area contributed by atoms with Gasteiger partial charge in [-0.3, -0.25) is 0 Å². The predicted octanol–water partition coefficient (Wildman–Crippen LogP) is 7.64. The zero-order valence-corrected chi connectivity index (χ0v) is 25.5. The summed E-state index contributed by atoms with van der Waals surface area (Å²) in [7, 11) is -1.40. The van der Waals surface area contributed by atoms with Crippen molar-refractivity contribution in [2.24, 2.45) is 39.7 Å². The molecule has 0 aliphatic heterocycles. The van der Waals surface area contributed by atoms with E-state index in [9.17, 15) is 0 Å². The number of hydrogen-bond acceptors (Lipinski definition) is 4. The molecule has 7 atom stereocenters. The third-order valence-electron chi connectivity index (χ3n) is 9.84. The topological polar surface area (TPSA) is 40.0 Å². The average molecular weight is 506 g/mol. The zero-order valence-electron chi connectivity index (χ0n) is 23.5. The second-order valence-electron chi connectivity index (χ2n) is 14.2. The largest absolute Gasteiger partial charge is 0.414 e. The molecule has 4 aliphatic carbocycles. The van der Waals surface area contributed by atoms with Crippen LogP contribution in [0.25, 0.3) is 0 Å². The van der Waals surface area contributed by atoms with Gasteiger partial charge < -0.3 is 13.7 Å². The normalized spacial score (nSPS) is 40.8. The highest BCUT2D eigenvalue weighted by Gasteiger charge is 2.59. The first-order chi connectivity index (χ1) is 15.8. The first kappa shape index (κ1) is 26.6. The van der Waals surface area contributed by atoms with Gasteiger partial charge in [-0.1, -0.05) is 30.7 Å². The molecular weight excluding hydrogens is 454 g/mol. The van der Waals surface area contributed by atoms with Gasteiger partial charge in [-0.05, 0) is 119 Å². The van der Waals surface area contributed by atoms with Crippen molar-refractivity contribution in [2.75, 3.05) is 13.7 Å². The Kier molecular flexibility index (Phi) is 7.41. The van der Waals surface area contributed by atoms with Crippen molar-refractivity contribution < 1.29 is 13.7 Å². The molecular formula is C28H51NO3Si2. The van der Waals surface area contributed by atoms with Gasteiger partial charge in [-0.15, -0.1) is 0 Å². The van der Waals surface area contributed by atoms with Gasteiger partial charge in [0.15, 0.2) is 16.6 Å². The summed E-state index contributed by atoms with van der Waals surface area (Å²) in [4.78, 5) is 5.35. The summed E-state index contributed by atoms with van der Waals surface area (Å²) in [5.74, 6) is 2.93. The first-order valence-corrected chi connectivity index (χ1v) is 20.7. The number of fused-ring (bicyclic) bond motifs is 5. The molecule has 0 N–H and O–H groups in total. The molecule has 34 heavy (non-hydrogen) atoms. The molecule has 0 aromatic rings. The molecule has 6 heteroatoms. The summed E-state index contributed by atoms with van der Waals surface area (Å²) >= 11 is 0. The van der Waals surface area contributed by atoms with Crippen LogP contribution in [0.1, 0.15) is 65.2 Å². The van der Waals surface area contributed by atoms with Gasteiger partial charge in [0.25, 0.3) is 0 Å². The fourth-order valence-electron chi connectivity index (χ4n) is 8.37. The Hall–Kier alpha value is -0.436. The molecule has 0 bridgehead atoms. The van der Waals surface area contributed by atoms with E-state index < -0.39 is 16.6 Å². The molecule has 0 heterocycles. The second-order valence-corrected chi connectivity index (χ2v) is 23.2. The van der Waals surface area contributed by atoms with Crippen LogP contribution in [0.3, 0.4) is 0 Å². The van der Waals surface area contributed by atoms with Crippen molar-refractivity contribution >= 4 is 22.3 Å². The van der Waals surface area contributed by atoms with Gasteiger partial charge in [-0.2, -0.15) is 0 Å². The van der Waals surface area contributed by atoms with E-state index >= 15 is 0 Å². The molecule has 4 aliphatic rings. The van der Waals surface area contributed by atoms with Crippen LogP contribution in [-0.2, 0) is 13.7 Å². The molecule has 3 fully saturated rings. The van der Waals surface area contributed by atoms with Crippen LogP contribution in [0.5, 0.6) is 0 Å². The molecule has 3 saturated carbocycles. The summed E-state index contributed by atoms with van der Waals surface area (Å²) in [5.41, 5.74) is 3.59. The Labute approximate surface area is 211 Å². The fourth-order valence-corrected chi connectivity index (χ4v) is 10.2. The summed E-state index contributed by atoms with van der Waals surface area (Å²) < 4.78 is 12.9. The van der Waals surface area contributed by atoms with E-state index in [1.54, 1.807) is 12.7 Å². The molecule has 0 radical (unpaired) electrons. The summed E-state index contributed by atoms with van der Waals surface area (Å²) in [6.07, 6.45) is 13.3. The van der Waals surface area contributed by atoms with Crippen LogP contribution < -0.4 is 0 Å². The van der Waals surface area contributed by atoms with Crippen LogP contribution >= 0.6 is 0 Å². The Bertz CT molecular complexity index is 813. The molecule has 0 aromatic carbocycles. The number of hydrogen-bond donors (Lipinski definition) is 0. The summed E-state index contributed by atoms with van der Waals surface area (Å²) in [6, 6.07) is 0. The van der Waals surface area contributed by atoms with E-state index in [0.717, 1.165) is 23.5 Å². The maximum Gasteiger partial charge on any atom is 0.184 e. The smallest absolute Gasteiger partial charge is 0.184 e.